The van der Waals surface area contributed by atoms with Gasteiger partial charge in [0.1, 0.15) is 12.7 Å². The number of ether oxygens (including phenoxy) is 1. The molecule has 21 heavy (non-hydrogen) atoms. The van der Waals surface area contributed by atoms with E-state index in [0.717, 1.165) is 11.1 Å². The molecule has 0 saturated heterocycles. The summed E-state index contributed by atoms with van der Waals surface area (Å²) in [5.41, 5.74) is -6.55. The second-order valence-corrected chi connectivity index (χ2v) is 6.54. The molecule has 0 aromatic carbocycles. The zero-order valence-corrected chi connectivity index (χ0v) is 12.3. The highest BCUT2D eigenvalue weighted by molar-refractivity contribution is 7.87. The van der Waals surface area contributed by atoms with Crippen LogP contribution in [-0.2, 0) is 19.0 Å². The van der Waals surface area contributed by atoms with E-state index in [1.54, 1.807) is 0 Å². The van der Waals surface area contributed by atoms with Gasteiger partial charge in [-0.3, -0.25) is 4.90 Å². The first-order chi connectivity index (χ1) is 9.32. The number of carbonyl (C=O) groups excluding carboxylic acids is 1. The summed E-state index contributed by atoms with van der Waals surface area (Å²) >= 11 is 0. The molecule has 1 aliphatic heterocycles. The Kier molecular flexibility index (Phi) is 4.71. The predicted octanol–water partition coefficient (Wildman–Crippen LogP) is 2.54. The van der Waals surface area contributed by atoms with Crippen molar-refractivity contribution in [2.24, 2.45) is 0 Å². The SMILES string of the molecule is [CH2+]C(C)(C)OC(=O)N1C=C(OS(=O)(=O)C(F)(F)F)CCC1. The molecule has 1 rings (SSSR count). The van der Waals surface area contributed by atoms with Crippen molar-refractivity contribution in [2.75, 3.05) is 6.54 Å². The van der Waals surface area contributed by atoms with Crippen LogP contribution in [0.3, 0.4) is 0 Å². The normalized spacial score (nSPS) is 17.2. The number of hydrogen-bond acceptors (Lipinski definition) is 5. The second kappa shape index (κ2) is 5.66. The second-order valence-electron chi connectivity index (χ2n) is 5.00. The Morgan fingerprint density at radius 3 is 2.43 bits per heavy atom. The molecule has 10 heteroatoms. The Morgan fingerprint density at radius 1 is 1.38 bits per heavy atom. The minimum Gasteiger partial charge on any atom is -0.402 e. The monoisotopic (exact) mass is 330 g/mol. The molecule has 1 amide bonds. The zero-order chi connectivity index (χ0) is 16.5. The van der Waals surface area contributed by atoms with Crippen molar-refractivity contribution in [1.82, 2.24) is 4.90 Å². The summed E-state index contributed by atoms with van der Waals surface area (Å²) in [5, 5.41) is 0. The van der Waals surface area contributed by atoms with E-state index >= 15 is 0 Å². The molecular weight excluding hydrogens is 315 g/mol. The van der Waals surface area contributed by atoms with E-state index in [4.69, 9.17) is 4.74 Å². The molecule has 0 unspecified atom stereocenters. The highest BCUT2D eigenvalue weighted by Crippen LogP contribution is 2.29. The molecule has 120 valence electrons. The minimum atomic E-state index is -5.74. The van der Waals surface area contributed by atoms with Crippen LogP contribution in [0, 0.1) is 6.92 Å². The van der Waals surface area contributed by atoms with E-state index in [-0.39, 0.29) is 19.4 Å². The summed E-state index contributed by atoms with van der Waals surface area (Å²) in [6.45, 7) is 6.76. The van der Waals surface area contributed by atoms with Crippen LogP contribution >= 0.6 is 0 Å². The van der Waals surface area contributed by atoms with Gasteiger partial charge in [0.15, 0.2) is 0 Å². The number of hydrogen-bond donors (Lipinski definition) is 0. The Balaban J connectivity index is 2.84. The van der Waals surface area contributed by atoms with Gasteiger partial charge in [-0.15, -0.1) is 0 Å². The summed E-state index contributed by atoms with van der Waals surface area (Å²) in [5.74, 6) is -0.475. The summed E-state index contributed by atoms with van der Waals surface area (Å²) in [6, 6.07) is 0. The first-order valence-corrected chi connectivity index (χ1v) is 7.29. The lowest BCUT2D eigenvalue weighted by atomic mass is 10.2. The van der Waals surface area contributed by atoms with Crippen molar-refractivity contribution in [3.63, 3.8) is 0 Å². The molecule has 0 aromatic heterocycles. The number of halogens is 3. The molecule has 0 N–H and O–H groups in total. The van der Waals surface area contributed by atoms with E-state index in [2.05, 4.69) is 11.1 Å². The van der Waals surface area contributed by atoms with Crippen LogP contribution in [0.1, 0.15) is 26.7 Å². The number of alkyl halides is 3. The average molecular weight is 330 g/mol. The van der Waals surface area contributed by atoms with E-state index in [1.165, 1.54) is 13.8 Å². The maximum atomic E-state index is 12.2. The lowest BCUT2D eigenvalue weighted by Crippen LogP contribution is -2.36. The fourth-order valence-electron chi connectivity index (χ4n) is 1.42. The van der Waals surface area contributed by atoms with Crippen LogP contribution in [0.5, 0.6) is 0 Å². The van der Waals surface area contributed by atoms with Crippen molar-refractivity contribution in [3.8, 4) is 0 Å². The van der Waals surface area contributed by atoms with Gasteiger partial charge in [-0.1, -0.05) is 0 Å². The van der Waals surface area contributed by atoms with Gasteiger partial charge in [-0.25, -0.2) is 4.79 Å². The van der Waals surface area contributed by atoms with E-state index in [9.17, 15) is 26.4 Å². The molecule has 0 bridgehead atoms. The smallest absolute Gasteiger partial charge is 0.402 e. The number of allylic oxidation sites excluding steroid dienone is 1. The molecule has 0 fully saturated rings. The third kappa shape index (κ3) is 5.03. The fraction of sp³-hybridized carbons (Fsp3) is 0.636. The number of carbonyl (C=O) groups is 1. The van der Waals surface area contributed by atoms with Gasteiger partial charge in [0.25, 0.3) is 0 Å². The average Bonchev–Trinajstić information content (AvgIpc) is 2.24. The van der Waals surface area contributed by atoms with Crippen molar-refractivity contribution in [1.29, 1.82) is 0 Å². The van der Waals surface area contributed by atoms with E-state index < -0.39 is 33.1 Å². The summed E-state index contributed by atoms with van der Waals surface area (Å²) in [7, 11) is -5.74. The molecule has 1 aliphatic rings. The van der Waals surface area contributed by atoms with Crippen LogP contribution in [0.2, 0.25) is 0 Å². The fourth-order valence-corrected chi connectivity index (χ4v) is 1.92. The van der Waals surface area contributed by atoms with Crippen LogP contribution < -0.4 is 0 Å². The van der Waals surface area contributed by atoms with Gasteiger partial charge in [-0.05, 0) is 6.42 Å². The van der Waals surface area contributed by atoms with Crippen molar-refractivity contribution < 1.29 is 35.3 Å². The van der Waals surface area contributed by atoms with E-state index in [1.807, 2.05) is 0 Å². The lowest BCUT2D eigenvalue weighted by Gasteiger charge is -2.25. The van der Waals surface area contributed by atoms with Gasteiger partial charge in [-0.2, -0.15) is 21.6 Å². The summed E-state index contributed by atoms with van der Waals surface area (Å²) in [6.07, 6.45) is 0.250. The Labute approximate surface area is 120 Å². The highest BCUT2D eigenvalue weighted by atomic mass is 32.2. The quantitative estimate of drug-likeness (QED) is 0.452. The Morgan fingerprint density at radius 2 is 1.95 bits per heavy atom. The predicted molar refractivity (Wildman–Crippen MR) is 66.0 cm³/mol. The molecule has 0 spiro atoms. The Hall–Kier alpha value is -1.58. The first kappa shape index (κ1) is 17.5. The van der Waals surface area contributed by atoms with Crippen molar-refractivity contribution in [3.05, 3.63) is 18.9 Å². The topological polar surface area (TPSA) is 72.9 Å². The minimum absolute atomic E-state index is 0.0349. The third-order valence-electron chi connectivity index (χ3n) is 2.22. The van der Waals surface area contributed by atoms with Gasteiger partial charge >= 0.3 is 21.7 Å². The van der Waals surface area contributed by atoms with Crippen LogP contribution in [0.15, 0.2) is 12.0 Å². The molecule has 0 atom stereocenters. The van der Waals surface area contributed by atoms with Crippen LogP contribution in [0.4, 0.5) is 18.0 Å². The van der Waals surface area contributed by atoms with Crippen molar-refractivity contribution in [2.45, 2.75) is 37.8 Å². The maximum absolute atomic E-state index is 12.2. The maximum Gasteiger partial charge on any atom is 0.534 e. The van der Waals surface area contributed by atoms with Crippen molar-refractivity contribution >= 4 is 16.2 Å². The van der Waals surface area contributed by atoms with Crippen LogP contribution in [0.25, 0.3) is 0 Å². The molecule has 0 aromatic rings. The van der Waals surface area contributed by atoms with Crippen LogP contribution in [-0.4, -0.2) is 37.1 Å². The molecular formula is C11H15F3NO5S+. The third-order valence-corrected chi connectivity index (χ3v) is 3.22. The standard InChI is InChI=1S/C11H15F3NO5S/c1-10(2,3)19-9(16)15-6-4-5-8(7-15)20-21(17,18)11(12,13)14/h7H,1,4-6H2,2-3H3/q+1. The number of rotatable bonds is 3. The van der Waals surface area contributed by atoms with Gasteiger partial charge < -0.3 is 8.92 Å². The zero-order valence-electron chi connectivity index (χ0n) is 11.4. The molecule has 0 aliphatic carbocycles. The van der Waals surface area contributed by atoms with Gasteiger partial charge in [0, 0.05) is 33.0 Å². The number of nitrogens with zero attached hydrogens (tertiary/aromatic N) is 1. The van der Waals surface area contributed by atoms with Gasteiger partial charge in [0.2, 0.25) is 5.60 Å². The molecule has 0 saturated carbocycles. The highest BCUT2D eigenvalue weighted by Gasteiger charge is 2.49. The number of amides is 1. The Bertz CT molecular complexity index is 533. The summed E-state index contributed by atoms with van der Waals surface area (Å²) < 4.78 is 67.3. The summed E-state index contributed by atoms with van der Waals surface area (Å²) in [4.78, 5) is 12.7. The lowest BCUT2D eigenvalue weighted by molar-refractivity contribution is -0.0525. The molecule has 1 heterocycles. The van der Waals surface area contributed by atoms with Gasteiger partial charge in [0.05, 0.1) is 0 Å². The molecule has 0 radical (unpaired) electrons. The first-order valence-electron chi connectivity index (χ1n) is 5.88. The van der Waals surface area contributed by atoms with E-state index in [0.29, 0.717) is 0 Å². The largest absolute Gasteiger partial charge is 0.534 e. The molecule has 6 nitrogen and oxygen atoms in total.